The standard InChI is InChI=1S/C12H23F3N2O/c1-9(2)10(3)17-11(18)8-16-7-5-4-6-12(13,14)15/h9-10,16H,4-8H2,1-3H3,(H,17,18). The summed E-state index contributed by atoms with van der Waals surface area (Å²) in [6, 6.07) is 0.101. The van der Waals surface area contributed by atoms with Crippen LogP contribution in [-0.2, 0) is 4.79 Å². The van der Waals surface area contributed by atoms with Crippen molar-refractivity contribution in [1.82, 2.24) is 10.6 Å². The van der Waals surface area contributed by atoms with Gasteiger partial charge < -0.3 is 10.6 Å². The molecule has 1 atom stereocenters. The van der Waals surface area contributed by atoms with E-state index in [4.69, 9.17) is 0 Å². The predicted molar refractivity (Wildman–Crippen MR) is 65.2 cm³/mol. The number of hydrogen-bond donors (Lipinski definition) is 2. The van der Waals surface area contributed by atoms with Crippen LogP contribution >= 0.6 is 0 Å². The SMILES string of the molecule is CC(C)C(C)NC(=O)CNCCCCC(F)(F)F. The summed E-state index contributed by atoms with van der Waals surface area (Å²) in [5.74, 6) is 0.243. The van der Waals surface area contributed by atoms with Crippen molar-refractivity contribution in [2.75, 3.05) is 13.1 Å². The lowest BCUT2D eigenvalue weighted by molar-refractivity contribution is -0.135. The Morgan fingerprint density at radius 3 is 2.28 bits per heavy atom. The van der Waals surface area contributed by atoms with Gasteiger partial charge >= 0.3 is 6.18 Å². The number of carbonyl (C=O) groups excluding carboxylic acids is 1. The molecule has 0 aliphatic carbocycles. The van der Waals surface area contributed by atoms with Gasteiger partial charge in [-0.3, -0.25) is 4.79 Å². The maximum atomic E-state index is 11.8. The number of alkyl halides is 3. The van der Waals surface area contributed by atoms with Crippen molar-refractivity contribution < 1.29 is 18.0 Å². The second kappa shape index (κ2) is 8.34. The Bertz CT molecular complexity index is 242. The summed E-state index contributed by atoms with van der Waals surface area (Å²) in [6.45, 7) is 6.53. The van der Waals surface area contributed by atoms with Crippen LogP contribution in [-0.4, -0.2) is 31.2 Å². The number of nitrogens with one attached hydrogen (secondary N) is 2. The third-order valence-electron chi connectivity index (χ3n) is 2.74. The molecule has 0 radical (unpaired) electrons. The Labute approximate surface area is 107 Å². The van der Waals surface area contributed by atoms with Gasteiger partial charge in [-0.25, -0.2) is 0 Å². The Hall–Kier alpha value is -0.780. The van der Waals surface area contributed by atoms with Gasteiger partial charge in [0.25, 0.3) is 0 Å². The lowest BCUT2D eigenvalue weighted by Gasteiger charge is -2.17. The molecular formula is C12H23F3N2O. The van der Waals surface area contributed by atoms with Crippen molar-refractivity contribution in [2.45, 2.75) is 52.3 Å². The number of unbranched alkanes of at least 4 members (excludes halogenated alkanes) is 1. The molecule has 0 saturated carbocycles. The van der Waals surface area contributed by atoms with Gasteiger partial charge in [0.2, 0.25) is 5.91 Å². The molecule has 0 fully saturated rings. The highest BCUT2D eigenvalue weighted by molar-refractivity contribution is 5.78. The van der Waals surface area contributed by atoms with E-state index < -0.39 is 12.6 Å². The monoisotopic (exact) mass is 268 g/mol. The molecule has 0 saturated heterocycles. The molecule has 0 aromatic rings. The minimum atomic E-state index is -4.08. The van der Waals surface area contributed by atoms with Crippen LogP contribution in [0.1, 0.15) is 40.0 Å². The fourth-order valence-corrected chi connectivity index (χ4v) is 1.25. The third kappa shape index (κ3) is 10.4. The molecule has 1 amide bonds. The number of halogens is 3. The maximum absolute atomic E-state index is 11.8. The van der Waals surface area contributed by atoms with Crippen LogP contribution in [0.15, 0.2) is 0 Å². The van der Waals surface area contributed by atoms with Crippen LogP contribution in [0, 0.1) is 5.92 Å². The number of hydrogen-bond acceptors (Lipinski definition) is 2. The third-order valence-corrected chi connectivity index (χ3v) is 2.74. The van der Waals surface area contributed by atoms with E-state index >= 15 is 0 Å². The Morgan fingerprint density at radius 2 is 1.78 bits per heavy atom. The van der Waals surface area contributed by atoms with Crippen molar-refractivity contribution in [3.8, 4) is 0 Å². The summed E-state index contributed by atoms with van der Waals surface area (Å²) in [4.78, 5) is 11.4. The first-order chi connectivity index (χ1) is 8.22. The van der Waals surface area contributed by atoms with E-state index in [9.17, 15) is 18.0 Å². The van der Waals surface area contributed by atoms with Crippen LogP contribution in [0.4, 0.5) is 13.2 Å². The van der Waals surface area contributed by atoms with E-state index in [0.29, 0.717) is 18.9 Å². The zero-order valence-corrected chi connectivity index (χ0v) is 11.2. The first kappa shape index (κ1) is 17.2. The van der Waals surface area contributed by atoms with Crippen molar-refractivity contribution in [3.63, 3.8) is 0 Å². The molecular weight excluding hydrogens is 245 g/mol. The average molecular weight is 268 g/mol. The van der Waals surface area contributed by atoms with E-state index in [1.165, 1.54) is 0 Å². The molecule has 0 bridgehead atoms. The van der Waals surface area contributed by atoms with Gasteiger partial charge in [-0.2, -0.15) is 13.2 Å². The topological polar surface area (TPSA) is 41.1 Å². The number of rotatable bonds is 8. The second-order valence-corrected chi connectivity index (χ2v) is 4.85. The highest BCUT2D eigenvalue weighted by Crippen LogP contribution is 2.21. The normalized spacial score (nSPS) is 13.7. The molecule has 18 heavy (non-hydrogen) atoms. The van der Waals surface area contributed by atoms with Gasteiger partial charge in [0.1, 0.15) is 0 Å². The minimum absolute atomic E-state index is 0.0977. The first-order valence-electron chi connectivity index (χ1n) is 6.29. The molecule has 0 aromatic carbocycles. The number of carbonyl (C=O) groups is 1. The van der Waals surface area contributed by atoms with E-state index in [-0.39, 0.29) is 24.9 Å². The molecule has 3 nitrogen and oxygen atoms in total. The molecule has 6 heteroatoms. The van der Waals surface area contributed by atoms with E-state index in [1.807, 2.05) is 20.8 Å². The van der Waals surface area contributed by atoms with E-state index in [2.05, 4.69) is 10.6 Å². The Kier molecular flexibility index (Phi) is 7.98. The summed E-state index contributed by atoms with van der Waals surface area (Å²) in [5, 5.41) is 5.65. The van der Waals surface area contributed by atoms with Gasteiger partial charge in [0, 0.05) is 12.5 Å². The molecule has 0 spiro atoms. The van der Waals surface area contributed by atoms with Gasteiger partial charge in [0.15, 0.2) is 0 Å². The minimum Gasteiger partial charge on any atom is -0.352 e. The van der Waals surface area contributed by atoms with Crippen LogP contribution in [0.2, 0.25) is 0 Å². The van der Waals surface area contributed by atoms with Crippen molar-refractivity contribution >= 4 is 5.91 Å². The van der Waals surface area contributed by atoms with Gasteiger partial charge in [-0.1, -0.05) is 13.8 Å². The largest absolute Gasteiger partial charge is 0.389 e. The maximum Gasteiger partial charge on any atom is 0.389 e. The lowest BCUT2D eigenvalue weighted by atomic mass is 10.1. The van der Waals surface area contributed by atoms with Crippen LogP contribution < -0.4 is 10.6 Å². The highest BCUT2D eigenvalue weighted by atomic mass is 19.4. The fourth-order valence-electron chi connectivity index (χ4n) is 1.25. The van der Waals surface area contributed by atoms with Gasteiger partial charge in [-0.05, 0) is 32.2 Å². The highest BCUT2D eigenvalue weighted by Gasteiger charge is 2.25. The predicted octanol–water partition coefficient (Wildman–Crippen LogP) is 2.47. The smallest absolute Gasteiger partial charge is 0.352 e. The summed E-state index contributed by atoms with van der Waals surface area (Å²) >= 11 is 0. The summed E-state index contributed by atoms with van der Waals surface area (Å²) in [5.41, 5.74) is 0. The molecule has 0 aliphatic heterocycles. The molecule has 0 aromatic heterocycles. The lowest BCUT2D eigenvalue weighted by Crippen LogP contribution is -2.41. The van der Waals surface area contributed by atoms with Gasteiger partial charge in [0.05, 0.1) is 6.54 Å². The van der Waals surface area contributed by atoms with Crippen LogP contribution in [0.5, 0.6) is 0 Å². The van der Waals surface area contributed by atoms with Crippen molar-refractivity contribution in [1.29, 1.82) is 0 Å². The second-order valence-electron chi connectivity index (χ2n) is 4.85. The summed E-state index contributed by atoms with van der Waals surface area (Å²) in [6.07, 6.45) is -4.32. The molecule has 108 valence electrons. The first-order valence-corrected chi connectivity index (χ1v) is 6.29. The van der Waals surface area contributed by atoms with Gasteiger partial charge in [-0.15, -0.1) is 0 Å². The van der Waals surface area contributed by atoms with Crippen molar-refractivity contribution in [3.05, 3.63) is 0 Å². The van der Waals surface area contributed by atoms with E-state index in [0.717, 1.165) is 0 Å². The van der Waals surface area contributed by atoms with Crippen LogP contribution in [0.25, 0.3) is 0 Å². The van der Waals surface area contributed by atoms with Crippen LogP contribution in [0.3, 0.4) is 0 Å². The Balaban J connectivity index is 3.47. The quantitative estimate of drug-likeness (QED) is 0.664. The fraction of sp³-hybridized carbons (Fsp3) is 0.917. The zero-order valence-electron chi connectivity index (χ0n) is 11.2. The summed E-state index contributed by atoms with van der Waals surface area (Å²) < 4.78 is 35.5. The molecule has 2 N–H and O–H groups in total. The zero-order chi connectivity index (χ0) is 14.2. The molecule has 0 aliphatic rings. The summed E-state index contributed by atoms with van der Waals surface area (Å²) in [7, 11) is 0. The molecule has 0 rings (SSSR count). The van der Waals surface area contributed by atoms with E-state index in [1.54, 1.807) is 0 Å². The van der Waals surface area contributed by atoms with Crippen molar-refractivity contribution in [2.24, 2.45) is 5.92 Å². The average Bonchev–Trinajstić information content (AvgIpc) is 2.21. The number of amides is 1. The Morgan fingerprint density at radius 1 is 1.17 bits per heavy atom. The molecule has 0 heterocycles. The molecule has 1 unspecified atom stereocenters.